The Kier molecular flexibility index (Phi) is 3.28. The lowest BCUT2D eigenvalue weighted by atomic mass is 10.3. The molecule has 0 heterocycles. The van der Waals surface area contributed by atoms with Crippen LogP contribution in [0.1, 0.15) is 33.1 Å². The van der Waals surface area contributed by atoms with Gasteiger partial charge in [-0.3, -0.25) is 9.59 Å². The van der Waals surface area contributed by atoms with Crippen LogP contribution in [-0.2, 0) is 19.1 Å². The molecule has 4 nitrogen and oxygen atoms in total. The number of esters is 2. The fraction of sp³-hybridized carbons (Fsp3) is 0.778. The molecule has 13 heavy (non-hydrogen) atoms. The van der Waals surface area contributed by atoms with Gasteiger partial charge in [0.05, 0.1) is 0 Å². The van der Waals surface area contributed by atoms with E-state index in [1.54, 1.807) is 0 Å². The van der Waals surface area contributed by atoms with Crippen molar-refractivity contribution in [3.63, 3.8) is 0 Å². The Morgan fingerprint density at radius 2 is 1.38 bits per heavy atom. The Bertz CT molecular complexity index is 190. The summed E-state index contributed by atoms with van der Waals surface area (Å²) in [4.78, 5) is 21.2. The minimum absolute atomic E-state index is 0.0677. The van der Waals surface area contributed by atoms with Crippen LogP contribution in [0.15, 0.2) is 0 Å². The van der Waals surface area contributed by atoms with Crippen molar-refractivity contribution in [3.05, 3.63) is 0 Å². The molecule has 0 aromatic heterocycles. The lowest BCUT2D eigenvalue weighted by Gasteiger charge is -2.11. The summed E-state index contributed by atoms with van der Waals surface area (Å²) in [6.07, 6.45) is 2.08. The van der Waals surface area contributed by atoms with E-state index >= 15 is 0 Å². The van der Waals surface area contributed by atoms with Crippen molar-refractivity contribution < 1.29 is 19.1 Å². The third kappa shape index (κ3) is 3.44. The summed E-state index contributed by atoms with van der Waals surface area (Å²) < 4.78 is 9.99. The van der Waals surface area contributed by atoms with Gasteiger partial charge in [-0.2, -0.15) is 0 Å². The topological polar surface area (TPSA) is 52.6 Å². The predicted octanol–water partition coefficient (Wildman–Crippen LogP) is 1.03. The zero-order valence-corrected chi connectivity index (χ0v) is 7.91. The number of rotatable bonds is 2. The van der Waals surface area contributed by atoms with Crippen LogP contribution in [0.5, 0.6) is 0 Å². The summed E-state index contributed by atoms with van der Waals surface area (Å²) in [5, 5.41) is 0. The molecule has 74 valence electrons. The fourth-order valence-corrected chi connectivity index (χ4v) is 1.58. The van der Waals surface area contributed by atoms with Crippen LogP contribution >= 0.6 is 0 Å². The lowest BCUT2D eigenvalue weighted by molar-refractivity contribution is -0.148. The highest BCUT2D eigenvalue weighted by atomic mass is 16.6. The SMILES string of the molecule is CC(=O)OC1CCC(OC(C)=O)C1. The van der Waals surface area contributed by atoms with Crippen LogP contribution in [0.25, 0.3) is 0 Å². The molecule has 0 saturated heterocycles. The Labute approximate surface area is 77.2 Å². The first kappa shape index (κ1) is 10.0. The molecule has 2 atom stereocenters. The zero-order chi connectivity index (χ0) is 9.84. The van der Waals surface area contributed by atoms with Gasteiger partial charge < -0.3 is 9.47 Å². The van der Waals surface area contributed by atoms with Crippen molar-refractivity contribution in [2.75, 3.05) is 0 Å². The average Bonchev–Trinajstić information content (AvgIpc) is 2.33. The molecule has 0 bridgehead atoms. The van der Waals surface area contributed by atoms with E-state index < -0.39 is 0 Å². The molecular formula is C9H14O4. The molecule has 0 aliphatic heterocycles. The van der Waals surface area contributed by atoms with E-state index in [2.05, 4.69) is 0 Å². The van der Waals surface area contributed by atoms with E-state index in [9.17, 15) is 9.59 Å². The highest BCUT2D eigenvalue weighted by Crippen LogP contribution is 2.24. The van der Waals surface area contributed by atoms with E-state index in [4.69, 9.17) is 9.47 Å². The van der Waals surface area contributed by atoms with Gasteiger partial charge in [-0.1, -0.05) is 0 Å². The summed E-state index contributed by atoms with van der Waals surface area (Å²) in [5.74, 6) is -0.540. The minimum atomic E-state index is -0.270. The van der Waals surface area contributed by atoms with E-state index in [1.807, 2.05) is 0 Å². The summed E-state index contributed by atoms with van der Waals surface area (Å²) in [6, 6.07) is 0. The van der Waals surface area contributed by atoms with E-state index in [1.165, 1.54) is 13.8 Å². The van der Waals surface area contributed by atoms with Gasteiger partial charge in [0.1, 0.15) is 12.2 Å². The zero-order valence-electron chi connectivity index (χ0n) is 7.91. The maximum Gasteiger partial charge on any atom is 0.302 e. The van der Waals surface area contributed by atoms with Crippen LogP contribution in [0, 0.1) is 0 Å². The third-order valence-electron chi connectivity index (χ3n) is 2.00. The monoisotopic (exact) mass is 186 g/mol. The molecular weight excluding hydrogens is 172 g/mol. The maximum absolute atomic E-state index is 10.6. The fourth-order valence-electron chi connectivity index (χ4n) is 1.58. The van der Waals surface area contributed by atoms with Crippen LogP contribution in [-0.4, -0.2) is 24.1 Å². The number of ether oxygens (including phenoxy) is 2. The van der Waals surface area contributed by atoms with Gasteiger partial charge in [-0.15, -0.1) is 0 Å². The molecule has 0 amide bonds. The number of hydrogen-bond donors (Lipinski definition) is 0. The number of carbonyl (C=O) groups is 2. The molecule has 1 aliphatic carbocycles. The second-order valence-corrected chi connectivity index (χ2v) is 3.28. The molecule has 1 fully saturated rings. The highest BCUT2D eigenvalue weighted by Gasteiger charge is 2.28. The summed E-state index contributed by atoms with van der Waals surface area (Å²) >= 11 is 0. The van der Waals surface area contributed by atoms with Gasteiger partial charge in [0.2, 0.25) is 0 Å². The molecule has 4 heteroatoms. The van der Waals surface area contributed by atoms with Crippen LogP contribution in [0.3, 0.4) is 0 Å². The van der Waals surface area contributed by atoms with Gasteiger partial charge in [0, 0.05) is 20.3 Å². The summed E-state index contributed by atoms with van der Waals surface area (Å²) in [6.45, 7) is 2.78. The van der Waals surface area contributed by atoms with Crippen LogP contribution in [0.4, 0.5) is 0 Å². The van der Waals surface area contributed by atoms with Gasteiger partial charge in [0.25, 0.3) is 0 Å². The van der Waals surface area contributed by atoms with Crippen molar-refractivity contribution >= 4 is 11.9 Å². The minimum Gasteiger partial charge on any atom is -0.462 e. The van der Waals surface area contributed by atoms with E-state index in [-0.39, 0.29) is 24.1 Å². The van der Waals surface area contributed by atoms with Crippen molar-refractivity contribution in [3.8, 4) is 0 Å². The second-order valence-electron chi connectivity index (χ2n) is 3.28. The Morgan fingerprint density at radius 1 is 1.00 bits per heavy atom. The number of carbonyl (C=O) groups excluding carboxylic acids is 2. The first-order chi connectivity index (χ1) is 6.08. The normalized spacial score (nSPS) is 26.9. The highest BCUT2D eigenvalue weighted by molar-refractivity contribution is 5.66. The smallest absolute Gasteiger partial charge is 0.302 e. The molecule has 0 aromatic rings. The van der Waals surface area contributed by atoms with Crippen molar-refractivity contribution in [2.24, 2.45) is 0 Å². The second kappa shape index (κ2) is 4.25. The standard InChI is InChI=1S/C9H14O4/c1-6(10)12-8-3-4-9(5-8)13-7(2)11/h8-9H,3-5H2,1-2H3. The molecule has 1 saturated carbocycles. The van der Waals surface area contributed by atoms with E-state index in [0.29, 0.717) is 6.42 Å². The first-order valence-electron chi connectivity index (χ1n) is 4.42. The van der Waals surface area contributed by atoms with E-state index in [0.717, 1.165) is 12.8 Å². The van der Waals surface area contributed by atoms with Gasteiger partial charge in [0.15, 0.2) is 0 Å². The third-order valence-corrected chi connectivity index (χ3v) is 2.00. The Balaban J connectivity index is 2.27. The van der Waals surface area contributed by atoms with Crippen molar-refractivity contribution in [1.29, 1.82) is 0 Å². The number of hydrogen-bond acceptors (Lipinski definition) is 4. The largest absolute Gasteiger partial charge is 0.462 e. The molecule has 2 unspecified atom stereocenters. The van der Waals surface area contributed by atoms with Crippen molar-refractivity contribution in [2.45, 2.75) is 45.3 Å². The predicted molar refractivity (Wildman–Crippen MR) is 45.0 cm³/mol. The first-order valence-corrected chi connectivity index (χ1v) is 4.42. The molecule has 1 aliphatic rings. The molecule has 0 spiro atoms. The maximum atomic E-state index is 10.6. The molecule has 0 N–H and O–H groups in total. The Morgan fingerprint density at radius 3 is 1.69 bits per heavy atom. The molecule has 0 aromatic carbocycles. The van der Waals surface area contributed by atoms with Crippen molar-refractivity contribution in [1.82, 2.24) is 0 Å². The summed E-state index contributed by atoms with van der Waals surface area (Å²) in [5.41, 5.74) is 0. The quantitative estimate of drug-likeness (QED) is 0.604. The van der Waals surface area contributed by atoms with Crippen LogP contribution < -0.4 is 0 Å². The lowest BCUT2D eigenvalue weighted by Crippen LogP contribution is -2.16. The van der Waals surface area contributed by atoms with Gasteiger partial charge >= 0.3 is 11.9 Å². The average molecular weight is 186 g/mol. The Hall–Kier alpha value is -1.06. The summed E-state index contributed by atoms with van der Waals surface area (Å²) in [7, 11) is 0. The van der Waals surface area contributed by atoms with Gasteiger partial charge in [-0.05, 0) is 12.8 Å². The van der Waals surface area contributed by atoms with Gasteiger partial charge in [-0.25, -0.2) is 0 Å². The molecule has 1 rings (SSSR count). The molecule has 0 radical (unpaired) electrons. The van der Waals surface area contributed by atoms with Crippen LogP contribution in [0.2, 0.25) is 0 Å².